The molecule has 4 nitrogen and oxygen atoms in total. The molecule has 0 aromatic heterocycles. The molecular weight excluding hydrogens is 202 g/mol. The largest absolute Gasteiger partial charge is 0.325 e. The average molecular weight is 225 g/mol. The molecule has 2 aliphatic rings. The Kier molecular flexibility index (Phi) is 4.04. The van der Waals surface area contributed by atoms with Gasteiger partial charge in [-0.05, 0) is 19.8 Å². The number of hydrogen-bond acceptors (Lipinski definition) is 2. The van der Waals surface area contributed by atoms with Gasteiger partial charge in [0.1, 0.15) is 0 Å². The molecule has 0 spiro atoms. The van der Waals surface area contributed by atoms with Gasteiger partial charge in [-0.3, -0.25) is 0 Å². The number of rotatable bonds is 0. The van der Waals surface area contributed by atoms with Gasteiger partial charge in [0.25, 0.3) is 0 Å². The summed E-state index contributed by atoms with van der Waals surface area (Å²) >= 11 is 0. The van der Waals surface area contributed by atoms with E-state index in [4.69, 9.17) is 0 Å². The molecule has 2 heterocycles. The van der Waals surface area contributed by atoms with E-state index in [0.717, 1.165) is 32.7 Å². The Balaban J connectivity index is 1.93. The molecular formula is C12H23N3O. The zero-order chi connectivity index (χ0) is 11.4. The number of amides is 2. The summed E-state index contributed by atoms with van der Waals surface area (Å²) in [5.41, 5.74) is 0. The Morgan fingerprint density at radius 2 is 1.81 bits per heavy atom. The van der Waals surface area contributed by atoms with Crippen molar-refractivity contribution in [1.29, 1.82) is 0 Å². The van der Waals surface area contributed by atoms with Crippen LogP contribution in [0.15, 0.2) is 0 Å². The highest BCUT2D eigenvalue weighted by atomic mass is 16.2. The van der Waals surface area contributed by atoms with Crippen molar-refractivity contribution in [1.82, 2.24) is 15.1 Å². The zero-order valence-electron chi connectivity index (χ0n) is 10.2. The predicted octanol–water partition coefficient (Wildman–Crippen LogP) is 1.28. The number of nitrogens with one attached hydrogen (secondary N) is 1. The Labute approximate surface area is 98.0 Å². The fourth-order valence-corrected chi connectivity index (χ4v) is 2.57. The number of carbonyl (C=O) groups is 1. The van der Waals surface area contributed by atoms with Crippen molar-refractivity contribution in [3.63, 3.8) is 0 Å². The van der Waals surface area contributed by atoms with E-state index in [1.807, 2.05) is 4.90 Å². The lowest BCUT2D eigenvalue weighted by Crippen LogP contribution is -2.56. The van der Waals surface area contributed by atoms with Gasteiger partial charge in [0, 0.05) is 38.8 Å². The fraction of sp³-hybridized carbons (Fsp3) is 0.917. The monoisotopic (exact) mass is 225 g/mol. The Morgan fingerprint density at radius 1 is 1.12 bits per heavy atom. The van der Waals surface area contributed by atoms with Gasteiger partial charge in [-0.1, -0.05) is 12.8 Å². The van der Waals surface area contributed by atoms with E-state index in [9.17, 15) is 4.79 Å². The molecule has 2 rings (SSSR count). The number of piperazine rings is 1. The molecule has 92 valence electrons. The molecule has 0 bridgehead atoms. The zero-order valence-corrected chi connectivity index (χ0v) is 10.2. The third-order valence-corrected chi connectivity index (χ3v) is 3.62. The van der Waals surface area contributed by atoms with Gasteiger partial charge in [-0.25, -0.2) is 4.79 Å². The summed E-state index contributed by atoms with van der Waals surface area (Å²) < 4.78 is 0. The highest BCUT2D eigenvalue weighted by Gasteiger charge is 2.27. The van der Waals surface area contributed by atoms with E-state index in [1.165, 1.54) is 25.7 Å². The van der Waals surface area contributed by atoms with Crippen LogP contribution < -0.4 is 5.32 Å². The molecule has 0 saturated carbocycles. The van der Waals surface area contributed by atoms with Crippen LogP contribution in [0.5, 0.6) is 0 Å². The van der Waals surface area contributed by atoms with E-state index in [0.29, 0.717) is 6.04 Å². The highest BCUT2D eigenvalue weighted by Crippen LogP contribution is 2.13. The maximum Gasteiger partial charge on any atom is 0.320 e. The molecule has 0 unspecified atom stereocenters. The standard InChI is InChI=1S/C12H23N3O/c1-11-10-13-6-9-15(11)12(16)14-7-4-2-3-5-8-14/h11,13H,2-10H2,1H3/t11-/m0/s1. The second-order valence-corrected chi connectivity index (χ2v) is 4.93. The van der Waals surface area contributed by atoms with Gasteiger partial charge >= 0.3 is 6.03 Å². The number of carbonyl (C=O) groups excluding carboxylic acids is 1. The summed E-state index contributed by atoms with van der Waals surface area (Å²) in [7, 11) is 0. The van der Waals surface area contributed by atoms with Gasteiger partial charge in [-0.2, -0.15) is 0 Å². The van der Waals surface area contributed by atoms with E-state index < -0.39 is 0 Å². The molecule has 1 atom stereocenters. The highest BCUT2D eigenvalue weighted by molar-refractivity contribution is 5.75. The number of likely N-dealkylation sites (tertiary alicyclic amines) is 1. The summed E-state index contributed by atoms with van der Waals surface area (Å²) in [6.45, 7) is 6.76. The second kappa shape index (κ2) is 5.53. The summed E-state index contributed by atoms with van der Waals surface area (Å²) in [6.07, 6.45) is 4.90. The minimum absolute atomic E-state index is 0.260. The van der Waals surface area contributed by atoms with Crippen LogP contribution >= 0.6 is 0 Å². The van der Waals surface area contributed by atoms with Crippen molar-refractivity contribution in [2.45, 2.75) is 38.6 Å². The predicted molar refractivity (Wildman–Crippen MR) is 64.5 cm³/mol. The van der Waals surface area contributed by atoms with Crippen molar-refractivity contribution >= 4 is 6.03 Å². The lowest BCUT2D eigenvalue weighted by molar-refractivity contribution is 0.127. The van der Waals surface area contributed by atoms with Crippen LogP contribution in [-0.4, -0.2) is 54.6 Å². The minimum Gasteiger partial charge on any atom is -0.325 e. The van der Waals surface area contributed by atoms with Crippen LogP contribution in [0.25, 0.3) is 0 Å². The maximum atomic E-state index is 12.3. The minimum atomic E-state index is 0.260. The van der Waals surface area contributed by atoms with Crippen LogP contribution in [0.1, 0.15) is 32.6 Å². The number of hydrogen-bond donors (Lipinski definition) is 1. The Morgan fingerprint density at radius 3 is 2.44 bits per heavy atom. The first-order valence-corrected chi connectivity index (χ1v) is 6.55. The third-order valence-electron chi connectivity index (χ3n) is 3.62. The molecule has 4 heteroatoms. The molecule has 2 fully saturated rings. The first-order valence-electron chi connectivity index (χ1n) is 6.55. The molecule has 0 aromatic carbocycles. The van der Waals surface area contributed by atoms with Crippen LogP contribution in [-0.2, 0) is 0 Å². The van der Waals surface area contributed by atoms with E-state index >= 15 is 0 Å². The summed E-state index contributed by atoms with van der Waals surface area (Å²) in [4.78, 5) is 16.4. The first kappa shape index (κ1) is 11.7. The van der Waals surface area contributed by atoms with Crippen molar-refractivity contribution in [3.05, 3.63) is 0 Å². The van der Waals surface area contributed by atoms with Crippen LogP contribution in [0.4, 0.5) is 4.79 Å². The molecule has 0 aromatic rings. The van der Waals surface area contributed by atoms with E-state index in [1.54, 1.807) is 0 Å². The molecule has 0 radical (unpaired) electrons. The van der Waals surface area contributed by atoms with Crippen molar-refractivity contribution in [2.75, 3.05) is 32.7 Å². The third kappa shape index (κ3) is 2.67. The SMILES string of the molecule is C[C@H]1CNCCN1C(=O)N1CCCCCC1. The average Bonchev–Trinajstić information content (AvgIpc) is 2.57. The summed E-state index contributed by atoms with van der Waals surface area (Å²) in [6, 6.07) is 0.598. The maximum absolute atomic E-state index is 12.3. The lowest BCUT2D eigenvalue weighted by Gasteiger charge is -2.37. The summed E-state index contributed by atoms with van der Waals surface area (Å²) in [5, 5.41) is 3.32. The van der Waals surface area contributed by atoms with E-state index in [-0.39, 0.29) is 6.03 Å². The fourth-order valence-electron chi connectivity index (χ4n) is 2.57. The van der Waals surface area contributed by atoms with Crippen LogP contribution in [0.2, 0.25) is 0 Å². The first-order chi connectivity index (χ1) is 7.79. The van der Waals surface area contributed by atoms with E-state index in [2.05, 4.69) is 17.1 Å². The molecule has 0 aliphatic carbocycles. The van der Waals surface area contributed by atoms with Crippen molar-refractivity contribution < 1.29 is 4.79 Å². The van der Waals surface area contributed by atoms with Gasteiger partial charge < -0.3 is 15.1 Å². The normalized spacial score (nSPS) is 27.7. The van der Waals surface area contributed by atoms with Crippen molar-refractivity contribution in [2.24, 2.45) is 0 Å². The molecule has 2 aliphatic heterocycles. The molecule has 1 N–H and O–H groups in total. The lowest BCUT2D eigenvalue weighted by atomic mass is 10.2. The van der Waals surface area contributed by atoms with Crippen LogP contribution in [0.3, 0.4) is 0 Å². The van der Waals surface area contributed by atoms with Gasteiger partial charge in [0.15, 0.2) is 0 Å². The quantitative estimate of drug-likeness (QED) is 0.674. The molecule has 2 saturated heterocycles. The summed E-state index contributed by atoms with van der Waals surface area (Å²) in [5.74, 6) is 0. The number of nitrogens with zero attached hydrogens (tertiary/aromatic N) is 2. The van der Waals surface area contributed by atoms with Gasteiger partial charge in [-0.15, -0.1) is 0 Å². The van der Waals surface area contributed by atoms with Gasteiger partial charge in [0.05, 0.1) is 0 Å². The topological polar surface area (TPSA) is 35.6 Å². The smallest absolute Gasteiger partial charge is 0.320 e. The Bertz CT molecular complexity index is 236. The Hall–Kier alpha value is -0.770. The molecule has 2 amide bonds. The van der Waals surface area contributed by atoms with Gasteiger partial charge in [0.2, 0.25) is 0 Å². The molecule has 16 heavy (non-hydrogen) atoms. The van der Waals surface area contributed by atoms with Crippen LogP contribution in [0, 0.1) is 0 Å². The van der Waals surface area contributed by atoms with Crippen molar-refractivity contribution in [3.8, 4) is 0 Å². The second-order valence-electron chi connectivity index (χ2n) is 4.93. The number of urea groups is 1.